The van der Waals surface area contributed by atoms with Crippen molar-refractivity contribution in [2.45, 2.75) is 57.2 Å². The normalized spacial score (nSPS) is 20.6. The Morgan fingerprint density at radius 3 is 2.78 bits per heavy atom. The first-order valence-corrected chi connectivity index (χ1v) is 12.0. The zero-order valence-electron chi connectivity index (χ0n) is 20.2. The van der Waals surface area contributed by atoms with Gasteiger partial charge in [-0.15, -0.1) is 0 Å². The number of nitrogens with one attached hydrogen (secondary N) is 1. The third kappa shape index (κ3) is 4.27. The summed E-state index contributed by atoms with van der Waals surface area (Å²) in [5, 5.41) is 22.6. The molecule has 3 aromatic rings. The van der Waals surface area contributed by atoms with Gasteiger partial charge in [0.05, 0.1) is 47.6 Å². The number of carbonyl (C=O) groups excluding carboxylic acids is 1. The van der Waals surface area contributed by atoms with Gasteiger partial charge in [0.2, 0.25) is 0 Å². The highest BCUT2D eigenvalue weighted by Gasteiger charge is 2.45. The van der Waals surface area contributed by atoms with Gasteiger partial charge in [-0.2, -0.15) is 5.26 Å². The van der Waals surface area contributed by atoms with Crippen LogP contribution in [-0.2, 0) is 11.2 Å². The van der Waals surface area contributed by atoms with Crippen molar-refractivity contribution in [1.82, 2.24) is 14.9 Å². The van der Waals surface area contributed by atoms with E-state index in [1.165, 1.54) is 23.0 Å². The van der Waals surface area contributed by atoms with Crippen molar-refractivity contribution >= 4 is 16.8 Å². The van der Waals surface area contributed by atoms with E-state index in [2.05, 4.69) is 16.4 Å². The number of aryl methyl sites for hydroxylation is 1. The van der Waals surface area contributed by atoms with E-state index in [1.54, 1.807) is 12.1 Å². The molecule has 36 heavy (non-hydrogen) atoms. The van der Waals surface area contributed by atoms with Crippen LogP contribution in [0.4, 0.5) is 4.39 Å². The van der Waals surface area contributed by atoms with Gasteiger partial charge in [-0.25, -0.2) is 9.37 Å². The summed E-state index contributed by atoms with van der Waals surface area (Å²) in [6, 6.07) is 7.88. The number of carbonyl (C=O) groups is 1. The minimum absolute atomic E-state index is 0.103. The molecule has 5 rings (SSSR count). The molecule has 0 spiro atoms. The molecule has 1 saturated carbocycles. The van der Waals surface area contributed by atoms with Crippen LogP contribution < -0.4 is 10.9 Å². The molecule has 186 valence electrons. The molecule has 1 aliphatic carbocycles. The maximum atomic E-state index is 14.9. The predicted molar refractivity (Wildman–Crippen MR) is 130 cm³/mol. The van der Waals surface area contributed by atoms with Crippen LogP contribution in [0.15, 0.2) is 35.4 Å². The lowest BCUT2D eigenvalue weighted by Gasteiger charge is -2.29. The fraction of sp³-hybridized carbons (Fsp3) is 0.407. The molecule has 2 heterocycles. The van der Waals surface area contributed by atoms with Crippen LogP contribution in [0.25, 0.3) is 10.9 Å². The Balaban J connectivity index is 1.46. The van der Waals surface area contributed by atoms with Crippen molar-refractivity contribution in [3.8, 4) is 6.07 Å². The molecule has 9 heteroatoms. The standard InChI is InChI=1S/C27H27FN4O4/c1-15-16(2)24-20(26(35)32(14-30-24)22-5-8-36-12-23(22)33)11-18(15)9-17-3-4-19(21(28)10-17)25(34)31-27(13-29)6-7-27/h3-4,10-11,14,22-23,33H,5-9,12H2,1-2H3,(H,31,34)/t22-,23-/m0/s1. The maximum Gasteiger partial charge on any atom is 0.261 e. The number of amides is 1. The number of nitrogens with zero attached hydrogens (tertiary/aromatic N) is 3. The molecule has 1 aliphatic heterocycles. The van der Waals surface area contributed by atoms with Gasteiger partial charge in [0, 0.05) is 6.61 Å². The van der Waals surface area contributed by atoms with Gasteiger partial charge in [0.15, 0.2) is 0 Å². The van der Waals surface area contributed by atoms with Gasteiger partial charge in [-0.05, 0) is 80.0 Å². The van der Waals surface area contributed by atoms with Crippen LogP contribution in [0, 0.1) is 31.0 Å². The Morgan fingerprint density at radius 1 is 1.33 bits per heavy atom. The third-order valence-electron chi connectivity index (χ3n) is 7.39. The van der Waals surface area contributed by atoms with Gasteiger partial charge in [0.1, 0.15) is 11.4 Å². The number of hydrogen-bond donors (Lipinski definition) is 2. The van der Waals surface area contributed by atoms with Crippen molar-refractivity contribution in [3.05, 3.63) is 74.6 Å². The quantitative estimate of drug-likeness (QED) is 0.568. The number of aromatic nitrogens is 2. The lowest BCUT2D eigenvalue weighted by atomic mass is 9.94. The first-order valence-electron chi connectivity index (χ1n) is 12.0. The SMILES string of the molecule is Cc1c(Cc2ccc(C(=O)NC3(C#N)CC3)c(F)c2)cc2c(=O)n([C@H]3CCOC[C@@H]3O)cnc2c1C. The van der Waals surface area contributed by atoms with E-state index in [-0.39, 0.29) is 17.7 Å². The van der Waals surface area contributed by atoms with Crippen molar-refractivity contribution in [2.75, 3.05) is 13.2 Å². The van der Waals surface area contributed by atoms with Crippen molar-refractivity contribution in [3.63, 3.8) is 0 Å². The molecular formula is C27H27FN4O4. The molecule has 0 bridgehead atoms. The van der Waals surface area contributed by atoms with Crippen LogP contribution in [0.3, 0.4) is 0 Å². The number of nitriles is 1. The Hall–Kier alpha value is -3.61. The second kappa shape index (κ2) is 9.12. The largest absolute Gasteiger partial charge is 0.389 e. The fourth-order valence-corrected chi connectivity index (χ4v) is 4.82. The second-order valence-electron chi connectivity index (χ2n) is 9.78. The minimum Gasteiger partial charge on any atom is -0.389 e. The van der Waals surface area contributed by atoms with Crippen molar-refractivity contribution in [1.29, 1.82) is 5.26 Å². The summed E-state index contributed by atoms with van der Waals surface area (Å²) in [7, 11) is 0. The van der Waals surface area contributed by atoms with E-state index in [4.69, 9.17) is 4.74 Å². The van der Waals surface area contributed by atoms with E-state index in [1.807, 2.05) is 13.8 Å². The zero-order chi connectivity index (χ0) is 25.6. The number of rotatable bonds is 5. The number of ether oxygens (including phenoxy) is 1. The lowest BCUT2D eigenvalue weighted by molar-refractivity contribution is -0.0395. The minimum atomic E-state index is -0.871. The van der Waals surface area contributed by atoms with E-state index in [9.17, 15) is 24.3 Å². The van der Waals surface area contributed by atoms with Crippen molar-refractivity contribution in [2.24, 2.45) is 0 Å². The van der Waals surface area contributed by atoms with Gasteiger partial charge in [-0.1, -0.05) is 6.07 Å². The van der Waals surface area contributed by atoms with Crippen LogP contribution in [0.5, 0.6) is 0 Å². The fourth-order valence-electron chi connectivity index (χ4n) is 4.82. The van der Waals surface area contributed by atoms with Crippen LogP contribution in [0.2, 0.25) is 0 Å². The average molecular weight is 491 g/mol. The highest BCUT2D eigenvalue weighted by Crippen LogP contribution is 2.34. The smallest absolute Gasteiger partial charge is 0.261 e. The first kappa shape index (κ1) is 24.1. The number of benzene rings is 2. The van der Waals surface area contributed by atoms with Gasteiger partial charge >= 0.3 is 0 Å². The summed E-state index contributed by atoms with van der Waals surface area (Å²) < 4.78 is 21.6. The molecule has 2 aromatic carbocycles. The molecule has 0 unspecified atom stereocenters. The van der Waals surface area contributed by atoms with Crippen LogP contribution >= 0.6 is 0 Å². The molecule has 2 aliphatic rings. The number of aliphatic hydroxyl groups excluding tert-OH is 1. The summed E-state index contributed by atoms with van der Waals surface area (Å²) in [5.74, 6) is -1.26. The lowest BCUT2D eigenvalue weighted by Crippen LogP contribution is -2.39. The monoisotopic (exact) mass is 490 g/mol. The van der Waals surface area contributed by atoms with E-state index < -0.39 is 29.4 Å². The summed E-state index contributed by atoms with van der Waals surface area (Å²) in [6.07, 6.45) is 2.72. The summed E-state index contributed by atoms with van der Waals surface area (Å²) in [4.78, 5) is 30.4. The number of hydrogen-bond acceptors (Lipinski definition) is 6. The molecule has 2 N–H and O–H groups in total. The average Bonchev–Trinajstić information content (AvgIpc) is 3.63. The van der Waals surface area contributed by atoms with Gasteiger partial charge in [-0.3, -0.25) is 14.2 Å². The molecule has 8 nitrogen and oxygen atoms in total. The molecule has 1 saturated heterocycles. The van der Waals surface area contributed by atoms with Gasteiger partial charge in [0.25, 0.3) is 11.5 Å². The molecule has 1 amide bonds. The molecular weight excluding hydrogens is 463 g/mol. The van der Waals surface area contributed by atoms with Crippen LogP contribution in [0.1, 0.15) is 57.9 Å². The second-order valence-corrected chi connectivity index (χ2v) is 9.78. The van der Waals surface area contributed by atoms with E-state index >= 15 is 0 Å². The number of halogens is 1. The first-order chi connectivity index (χ1) is 17.2. The summed E-state index contributed by atoms with van der Waals surface area (Å²) >= 11 is 0. The Bertz CT molecular complexity index is 1470. The van der Waals surface area contributed by atoms with E-state index in [0.29, 0.717) is 48.8 Å². The molecule has 0 radical (unpaired) electrons. The molecule has 2 atom stereocenters. The number of fused-ring (bicyclic) bond motifs is 1. The van der Waals surface area contributed by atoms with Crippen LogP contribution in [-0.4, -0.2) is 45.4 Å². The topological polar surface area (TPSA) is 117 Å². The zero-order valence-corrected chi connectivity index (χ0v) is 20.2. The van der Waals surface area contributed by atoms with Gasteiger partial charge < -0.3 is 15.2 Å². The Morgan fingerprint density at radius 2 is 2.11 bits per heavy atom. The third-order valence-corrected chi connectivity index (χ3v) is 7.39. The summed E-state index contributed by atoms with van der Waals surface area (Å²) in [6.45, 7) is 4.47. The maximum absolute atomic E-state index is 14.9. The molecule has 1 aromatic heterocycles. The van der Waals surface area contributed by atoms with Crippen molar-refractivity contribution < 1.29 is 19.0 Å². The molecule has 2 fully saturated rings. The predicted octanol–water partition coefficient (Wildman–Crippen LogP) is 2.85. The summed E-state index contributed by atoms with van der Waals surface area (Å²) in [5.41, 5.74) is 2.70. The Labute approximate surface area is 207 Å². The number of aliphatic hydroxyl groups is 1. The highest BCUT2D eigenvalue weighted by atomic mass is 19.1. The highest BCUT2D eigenvalue weighted by molar-refractivity contribution is 5.95. The van der Waals surface area contributed by atoms with E-state index in [0.717, 1.165) is 16.7 Å². The Kier molecular flexibility index (Phi) is 6.10.